The second-order valence-corrected chi connectivity index (χ2v) is 5.06. The average Bonchev–Trinajstić information content (AvgIpc) is 2.49. The minimum Gasteiger partial charge on any atom is -0.496 e. The van der Waals surface area contributed by atoms with Gasteiger partial charge in [-0.3, -0.25) is 4.99 Å². The van der Waals surface area contributed by atoms with Crippen molar-refractivity contribution in [2.45, 2.75) is 26.3 Å². The number of hydrogen-bond donors (Lipinski definition) is 1. The first-order valence-corrected chi connectivity index (χ1v) is 7.28. The smallest absolute Gasteiger partial charge is 0.193 e. The molecule has 1 rings (SSSR count). The highest BCUT2D eigenvalue weighted by molar-refractivity contribution is 5.79. The average molecular weight is 289 g/mol. The first-order valence-electron chi connectivity index (χ1n) is 7.28. The second kappa shape index (κ2) is 9.06. The van der Waals surface area contributed by atoms with Gasteiger partial charge in [0, 0.05) is 27.2 Å². The van der Waals surface area contributed by atoms with Crippen molar-refractivity contribution in [3.05, 3.63) is 42.0 Å². The Bertz CT molecular complexity index is 483. The highest BCUT2D eigenvalue weighted by Gasteiger charge is 2.06. The highest BCUT2D eigenvalue weighted by Crippen LogP contribution is 2.18. The van der Waals surface area contributed by atoms with E-state index in [9.17, 15) is 0 Å². The molecule has 4 nitrogen and oxygen atoms in total. The van der Waals surface area contributed by atoms with Gasteiger partial charge in [0.05, 0.1) is 7.11 Å². The molecular formula is C17H27N3O. The number of allylic oxidation sites excluding steroid dienone is 1. The number of rotatable bonds is 7. The molecule has 0 saturated carbocycles. The molecule has 1 aromatic rings. The summed E-state index contributed by atoms with van der Waals surface area (Å²) in [5.41, 5.74) is 2.32. The Morgan fingerprint density at radius 1 is 1.48 bits per heavy atom. The van der Waals surface area contributed by atoms with E-state index in [1.807, 2.05) is 27.1 Å². The van der Waals surface area contributed by atoms with E-state index in [2.05, 4.69) is 40.0 Å². The van der Waals surface area contributed by atoms with Crippen molar-refractivity contribution in [2.24, 2.45) is 4.99 Å². The number of aliphatic imine (C=N–C) groups is 1. The van der Waals surface area contributed by atoms with Crippen molar-refractivity contribution in [3.63, 3.8) is 0 Å². The van der Waals surface area contributed by atoms with Crippen LogP contribution in [-0.4, -0.2) is 38.6 Å². The fourth-order valence-corrected chi connectivity index (χ4v) is 2.12. The first-order chi connectivity index (χ1) is 10.1. The number of nitrogens with one attached hydrogen (secondary N) is 1. The number of hydrogen-bond acceptors (Lipinski definition) is 2. The zero-order valence-corrected chi connectivity index (χ0v) is 13.6. The van der Waals surface area contributed by atoms with Crippen LogP contribution in [0.3, 0.4) is 0 Å². The van der Waals surface area contributed by atoms with Crippen molar-refractivity contribution < 1.29 is 4.74 Å². The topological polar surface area (TPSA) is 36.9 Å². The monoisotopic (exact) mass is 289 g/mol. The van der Waals surface area contributed by atoms with Gasteiger partial charge in [0.1, 0.15) is 5.75 Å². The van der Waals surface area contributed by atoms with Crippen LogP contribution in [0.2, 0.25) is 0 Å². The molecule has 0 amide bonds. The predicted octanol–water partition coefficient (Wildman–Crippen LogP) is 2.98. The Hall–Kier alpha value is -1.97. The van der Waals surface area contributed by atoms with Crippen LogP contribution >= 0.6 is 0 Å². The lowest BCUT2D eigenvalue weighted by Gasteiger charge is -2.22. The first kappa shape index (κ1) is 17.1. The molecule has 0 aliphatic rings. The van der Waals surface area contributed by atoms with Gasteiger partial charge in [-0.2, -0.15) is 0 Å². The van der Waals surface area contributed by atoms with E-state index in [1.165, 1.54) is 5.56 Å². The molecule has 0 atom stereocenters. The number of nitrogens with zero attached hydrogens (tertiary/aromatic N) is 2. The van der Waals surface area contributed by atoms with Gasteiger partial charge in [0.15, 0.2) is 5.96 Å². The predicted molar refractivity (Wildman–Crippen MR) is 90.0 cm³/mol. The third-order valence-electron chi connectivity index (χ3n) is 3.40. The number of aryl methyl sites for hydroxylation is 1. The van der Waals surface area contributed by atoms with Gasteiger partial charge in [-0.25, -0.2) is 0 Å². The van der Waals surface area contributed by atoms with Gasteiger partial charge < -0.3 is 15.0 Å². The van der Waals surface area contributed by atoms with E-state index in [1.54, 1.807) is 7.11 Å². The van der Waals surface area contributed by atoms with Crippen LogP contribution in [0, 0.1) is 6.92 Å². The van der Waals surface area contributed by atoms with Gasteiger partial charge in [-0.1, -0.05) is 18.2 Å². The van der Waals surface area contributed by atoms with E-state index >= 15 is 0 Å². The van der Waals surface area contributed by atoms with Gasteiger partial charge in [0.2, 0.25) is 0 Å². The summed E-state index contributed by atoms with van der Waals surface area (Å²) in [4.78, 5) is 6.45. The standard InChI is InChI=1S/C17H27N3O/c1-6-7-8-11-20(4)17(18-3)19-13-15-10-9-14(2)16(12-15)21-5/h6,9-10,12H,1,7-8,11,13H2,2-5H3,(H,18,19). The van der Waals surface area contributed by atoms with E-state index in [0.29, 0.717) is 0 Å². The number of guanidine groups is 1. The van der Waals surface area contributed by atoms with Crippen LogP contribution in [0.4, 0.5) is 0 Å². The number of benzene rings is 1. The molecule has 0 radical (unpaired) electrons. The van der Waals surface area contributed by atoms with E-state index in [4.69, 9.17) is 4.74 Å². The Morgan fingerprint density at radius 3 is 2.86 bits per heavy atom. The summed E-state index contributed by atoms with van der Waals surface area (Å²) in [6, 6.07) is 6.25. The largest absolute Gasteiger partial charge is 0.496 e. The van der Waals surface area contributed by atoms with E-state index < -0.39 is 0 Å². The minimum atomic E-state index is 0.731. The van der Waals surface area contributed by atoms with E-state index in [0.717, 1.165) is 43.2 Å². The van der Waals surface area contributed by atoms with Gasteiger partial charge >= 0.3 is 0 Å². The van der Waals surface area contributed by atoms with Crippen molar-refractivity contribution in [1.29, 1.82) is 0 Å². The van der Waals surface area contributed by atoms with Crippen LogP contribution in [0.15, 0.2) is 35.8 Å². The Labute approximate surface area is 128 Å². The molecule has 116 valence electrons. The summed E-state index contributed by atoms with van der Waals surface area (Å²) in [7, 11) is 5.56. The Kier molecular flexibility index (Phi) is 7.37. The number of methoxy groups -OCH3 is 1. The normalized spacial score (nSPS) is 11.1. The zero-order valence-electron chi connectivity index (χ0n) is 13.6. The van der Waals surface area contributed by atoms with Crippen LogP contribution in [0.25, 0.3) is 0 Å². The molecule has 0 saturated heterocycles. The highest BCUT2D eigenvalue weighted by atomic mass is 16.5. The SMILES string of the molecule is C=CCCCN(C)C(=NC)NCc1ccc(C)c(OC)c1. The maximum atomic E-state index is 5.35. The summed E-state index contributed by atoms with van der Waals surface area (Å²) in [5.74, 6) is 1.82. The maximum absolute atomic E-state index is 5.35. The molecule has 4 heteroatoms. The van der Waals surface area contributed by atoms with Gasteiger partial charge in [-0.15, -0.1) is 6.58 Å². The number of unbranched alkanes of at least 4 members (excludes halogenated alkanes) is 1. The van der Waals surface area contributed by atoms with Crippen molar-refractivity contribution >= 4 is 5.96 Å². The zero-order chi connectivity index (χ0) is 15.7. The van der Waals surface area contributed by atoms with Crippen LogP contribution < -0.4 is 10.1 Å². The lowest BCUT2D eigenvalue weighted by molar-refractivity contribution is 0.411. The van der Waals surface area contributed by atoms with Crippen LogP contribution in [-0.2, 0) is 6.54 Å². The molecule has 0 fully saturated rings. The van der Waals surface area contributed by atoms with E-state index in [-0.39, 0.29) is 0 Å². The molecule has 0 unspecified atom stereocenters. The molecule has 1 N–H and O–H groups in total. The molecule has 0 aromatic heterocycles. The van der Waals surface area contributed by atoms with Crippen molar-refractivity contribution in [1.82, 2.24) is 10.2 Å². The lowest BCUT2D eigenvalue weighted by atomic mass is 10.1. The fourth-order valence-electron chi connectivity index (χ4n) is 2.12. The van der Waals surface area contributed by atoms with Crippen LogP contribution in [0.5, 0.6) is 5.75 Å². The molecule has 0 aliphatic carbocycles. The summed E-state index contributed by atoms with van der Waals surface area (Å²) >= 11 is 0. The molecule has 0 bridgehead atoms. The van der Waals surface area contributed by atoms with Crippen molar-refractivity contribution in [2.75, 3.05) is 27.7 Å². The lowest BCUT2D eigenvalue weighted by Crippen LogP contribution is -2.38. The maximum Gasteiger partial charge on any atom is 0.193 e. The minimum absolute atomic E-state index is 0.731. The number of ether oxygens (including phenoxy) is 1. The van der Waals surface area contributed by atoms with Crippen molar-refractivity contribution in [3.8, 4) is 5.75 Å². The summed E-state index contributed by atoms with van der Waals surface area (Å²) < 4.78 is 5.35. The molecule has 0 spiro atoms. The molecule has 21 heavy (non-hydrogen) atoms. The Morgan fingerprint density at radius 2 is 2.24 bits per heavy atom. The summed E-state index contributed by atoms with van der Waals surface area (Å²) in [6.07, 6.45) is 4.05. The summed E-state index contributed by atoms with van der Waals surface area (Å²) in [5, 5.41) is 3.38. The molecule has 0 heterocycles. The van der Waals surface area contributed by atoms with Gasteiger partial charge in [0.25, 0.3) is 0 Å². The molecular weight excluding hydrogens is 262 g/mol. The van der Waals surface area contributed by atoms with Gasteiger partial charge in [-0.05, 0) is 37.0 Å². The fraction of sp³-hybridized carbons (Fsp3) is 0.471. The molecule has 1 aromatic carbocycles. The second-order valence-electron chi connectivity index (χ2n) is 5.06. The third-order valence-corrected chi connectivity index (χ3v) is 3.40. The van der Waals surface area contributed by atoms with Crippen LogP contribution in [0.1, 0.15) is 24.0 Å². The third kappa shape index (κ3) is 5.50. The summed E-state index contributed by atoms with van der Waals surface area (Å²) in [6.45, 7) is 7.48. The quantitative estimate of drug-likeness (QED) is 0.363. The Balaban J connectivity index is 2.57. The molecule has 0 aliphatic heterocycles.